The van der Waals surface area contributed by atoms with Crippen LogP contribution in [0.5, 0.6) is 11.5 Å². The first-order chi connectivity index (χ1) is 14.4. The van der Waals surface area contributed by atoms with Gasteiger partial charge in [-0.3, -0.25) is 14.4 Å². The minimum absolute atomic E-state index is 0.0126. The molecule has 3 heterocycles. The summed E-state index contributed by atoms with van der Waals surface area (Å²) in [4.78, 5) is 16.7. The van der Waals surface area contributed by atoms with E-state index in [1.54, 1.807) is 14.0 Å². The average Bonchev–Trinajstić information content (AvgIpc) is 2.95. The molecule has 0 N–H and O–H groups in total. The Morgan fingerprint density at radius 2 is 2.17 bits per heavy atom. The molecule has 1 fully saturated rings. The molecule has 7 nitrogen and oxygen atoms in total. The van der Waals surface area contributed by atoms with Crippen LogP contribution in [-0.4, -0.2) is 58.3 Å². The van der Waals surface area contributed by atoms with Crippen LogP contribution in [0.4, 0.5) is 0 Å². The molecule has 0 saturated carbocycles. The largest absolute Gasteiger partial charge is 0.497 e. The van der Waals surface area contributed by atoms with Crippen LogP contribution < -0.4 is 9.47 Å². The maximum atomic E-state index is 12.3. The van der Waals surface area contributed by atoms with Gasteiger partial charge in [-0.15, -0.1) is 0 Å². The number of ether oxygens (including phenoxy) is 2. The molecule has 4 rings (SSSR count). The highest BCUT2D eigenvalue weighted by atomic mass is 16.5. The number of carbonyl (C=O) groups excluding carboxylic acids is 1. The number of hydrogen-bond donors (Lipinski definition) is 0. The Morgan fingerprint density at radius 3 is 2.87 bits per heavy atom. The van der Waals surface area contributed by atoms with Crippen LogP contribution in [-0.2, 0) is 24.9 Å². The van der Waals surface area contributed by atoms with E-state index in [9.17, 15) is 4.79 Å². The Morgan fingerprint density at radius 1 is 1.33 bits per heavy atom. The van der Waals surface area contributed by atoms with Crippen molar-refractivity contribution in [1.29, 1.82) is 0 Å². The van der Waals surface area contributed by atoms with Crippen molar-refractivity contribution in [1.82, 2.24) is 19.6 Å². The van der Waals surface area contributed by atoms with Gasteiger partial charge in [0, 0.05) is 56.3 Å². The standard InChI is InChI=1S/C23H32N4O3/c1-16-20(11-24-25(16)3)13-26-9-5-6-18(12-26)23-15-27(17(2)28)14-19-10-21(29-4)7-8-22(19)30-23/h7-8,10-11,18,23H,5-6,9,12-15H2,1-4H3/t18-,23+/m1/s1. The summed E-state index contributed by atoms with van der Waals surface area (Å²) in [7, 11) is 3.64. The fourth-order valence-electron chi connectivity index (χ4n) is 4.57. The molecule has 0 spiro atoms. The lowest BCUT2D eigenvalue weighted by atomic mass is 9.91. The number of aryl methyl sites for hydroxylation is 1. The lowest BCUT2D eigenvalue weighted by molar-refractivity contribution is -0.130. The molecule has 2 aliphatic heterocycles. The first-order valence-electron chi connectivity index (χ1n) is 10.7. The Balaban J connectivity index is 1.52. The summed E-state index contributed by atoms with van der Waals surface area (Å²) in [5, 5.41) is 4.38. The second kappa shape index (κ2) is 8.68. The van der Waals surface area contributed by atoms with E-state index in [4.69, 9.17) is 9.47 Å². The summed E-state index contributed by atoms with van der Waals surface area (Å²) in [6, 6.07) is 5.88. The molecule has 2 aliphatic rings. The van der Waals surface area contributed by atoms with E-state index in [0.29, 0.717) is 19.0 Å². The van der Waals surface area contributed by atoms with Gasteiger partial charge in [0.15, 0.2) is 0 Å². The van der Waals surface area contributed by atoms with E-state index in [1.165, 1.54) is 11.3 Å². The third kappa shape index (κ3) is 4.31. The molecule has 0 radical (unpaired) electrons. The second-order valence-electron chi connectivity index (χ2n) is 8.55. The fourth-order valence-corrected chi connectivity index (χ4v) is 4.57. The zero-order valence-corrected chi connectivity index (χ0v) is 18.4. The summed E-state index contributed by atoms with van der Waals surface area (Å²) >= 11 is 0. The highest BCUT2D eigenvalue weighted by molar-refractivity contribution is 5.73. The molecule has 1 aromatic carbocycles. The van der Waals surface area contributed by atoms with Crippen LogP contribution in [0.15, 0.2) is 24.4 Å². The SMILES string of the molecule is COc1ccc2c(c1)CN(C(C)=O)C[C@@H]([C@@H]1CCCN(Cc3cnn(C)c3C)C1)O2. The number of amides is 1. The zero-order valence-electron chi connectivity index (χ0n) is 18.4. The lowest BCUT2D eigenvalue weighted by Gasteiger charge is -2.37. The smallest absolute Gasteiger partial charge is 0.219 e. The first-order valence-corrected chi connectivity index (χ1v) is 10.7. The van der Waals surface area contributed by atoms with Crippen molar-refractivity contribution in [3.05, 3.63) is 41.2 Å². The predicted octanol–water partition coefficient (Wildman–Crippen LogP) is 2.76. The Labute approximate surface area is 178 Å². The van der Waals surface area contributed by atoms with Crippen LogP contribution in [0.3, 0.4) is 0 Å². The van der Waals surface area contributed by atoms with Gasteiger partial charge in [0.25, 0.3) is 0 Å². The van der Waals surface area contributed by atoms with Gasteiger partial charge in [-0.2, -0.15) is 5.10 Å². The van der Waals surface area contributed by atoms with Crippen LogP contribution in [0.2, 0.25) is 0 Å². The minimum Gasteiger partial charge on any atom is -0.497 e. The minimum atomic E-state index is -0.0126. The number of nitrogens with zero attached hydrogens (tertiary/aromatic N) is 4. The number of benzene rings is 1. The number of fused-ring (bicyclic) bond motifs is 1. The van der Waals surface area contributed by atoms with Crippen LogP contribution in [0.25, 0.3) is 0 Å². The Kier molecular flexibility index (Phi) is 5.99. The van der Waals surface area contributed by atoms with E-state index in [-0.39, 0.29) is 12.0 Å². The molecular weight excluding hydrogens is 380 g/mol. The van der Waals surface area contributed by atoms with Gasteiger partial charge in [0.2, 0.25) is 5.91 Å². The van der Waals surface area contributed by atoms with Crippen LogP contribution in [0.1, 0.15) is 36.6 Å². The van der Waals surface area contributed by atoms with Crippen LogP contribution >= 0.6 is 0 Å². The van der Waals surface area contributed by atoms with E-state index in [1.807, 2.05) is 41.0 Å². The molecule has 2 atom stereocenters. The van der Waals surface area contributed by atoms with Crippen molar-refractivity contribution in [3.63, 3.8) is 0 Å². The van der Waals surface area contributed by atoms with Crippen molar-refractivity contribution < 1.29 is 14.3 Å². The number of carbonyl (C=O) groups is 1. The lowest BCUT2D eigenvalue weighted by Crippen LogP contribution is -2.46. The van der Waals surface area contributed by atoms with Gasteiger partial charge in [0.1, 0.15) is 17.6 Å². The summed E-state index contributed by atoms with van der Waals surface area (Å²) in [5.74, 6) is 2.11. The summed E-state index contributed by atoms with van der Waals surface area (Å²) in [5.41, 5.74) is 3.50. The molecule has 1 aromatic heterocycles. The quantitative estimate of drug-likeness (QED) is 0.773. The molecule has 2 aromatic rings. The van der Waals surface area contributed by atoms with Gasteiger partial charge in [0.05, 0.1) is 19.9 Å². The Bertz CT molecular complexity index is 910. The highest BCUT2D eigenvalue weighted by Gasteiger charge is 2.33. The number of aromatic nitrogens is 2. The second-order valence-corrected chi connectivity index (χ2v) is 8.55. The molecule has 162 valence electrons. The van der Waals surface area contributed by atoms with Crippen molar-refractivity contribution in [3.8, 4) is 11.5 Å². The van der Waals surface area contributed by atoms with Gasteiger partial charge in [-0.1, -0.05) is 0 Å². The van der Waals surface area contributed by atoms with Crippen molar-refractivity contribution in [2.45, 2.75) is 45.9 Å². The van der Waals surface area contributed by atoms with Crippen LogP contribution in [0, 0.1) is 12.8 Å². The topological polar surface area (TPSA) is 59.8 Å². The van der Waals surface area contributed by atoms with E-state index < -0.39 is 0 Å². The van der Waals surface area contributed by atoms with Crippen molar-refractivity contribution in [2.75, 3.05) is 26.7 Å². The number of likely N-dealkylation sites (tertiary alicyclic amines) is 1. The van der Waals surface area contributed by atoms with Gasteiger partial charge >= 0.3 is 0 Å². The summed E-state index contributed by atoms with van der Waals surface area (Å²) in [6.07, 6.45) is 4.22. The maximum absolute atomic E-state index is 12.3. The maximum Gasteiger partial charge on any atom is 0.219 e. The third-order valence-corrected chi connectivity index (χ3v) is 6.55. The monoisotopic (exact) mass is 412 g/mol. The zero-order chi connectivity index (χ0) is 21.3. The summed E-state index contributed by atoms with van der Waals surface area (Å²) < 4.78 is 13.8. The number of hydrogen-bond acceptors (Lipinski definition) is 5. The first kappa shape index (κ1) is 20.7. The van der Waals surface area contributed by atoms with Gasteiger partial charge < -0.3 is 14.4 Å². The van der Waals surface area contributed by atoms with Crippen molar-refractivity contribution >= 4 is 5.91 Å². The molecule has 1 amide bonds. The number of methoxy groups -OCH3 is 1. The number of rotatable bonds is 4. The molecule has 30 heavy (non-hydrogen) atoms. The average molecular weight is 413 g/mol. The normalized spacial score (nSPS) is 22.2. The van der Waals surface area contributed by atoms with E-state index in [2.05, 4.69) is 16.9 Å². The van der Waals surface area contributed by atoms with E-state index >= 15 is 0 Å². The fraction of sp³-hybridized carbons (Fsp3) is 0.565. The molecule has 7 heteroatoms. The predicted molar refractivity (Wildman–Crippen MR) is 114 cm³/mol. The third-order valence-electron chi connectivity index (χ3n) is 6.55. The van der Waals surface area contributed by atoms with Gasteiger partial charge in [-0.05, 0) is 44.5 Å². The molecular formula is C23H32N4O3. The van der Waals surface area contributed by atoms with E-state index in [0.717, 1.165) is 49.5 Å². The Hall–Kier alpha value is -2.54. The molecule has 0 unspecified atom stereocenters. The number of piperidine rings is 1. The molecule has 0 bridgehead atoms. The van der Waals surface area contributed by atoms with Gasteiger partial charge in [-0.25, -0.2) is 0 Å². The molecule has 1 saturated heterocycles. The molecule has 0 aliphatic carbocycles. The van der Waals surface area contributed by atoms with Crippen molar-refractivity contribution in [2.24, 2.45) is 13.0 Å². The highest BCUT2D eigenvalue weighted by Crippen LogP contribution is 2.33. The summed E-state index contributed by atoms with van der Waals surface area (Å²) in [6.45, 7) is 7.90.